The number of hydrogen-bond donors (Lipinski definition) is 3. The molecule has 0 unspecified atom stereocenters. The number of hydrogen-bond acceptors (Lipinski definition) is 7. The third-order valence-corrected chi connectivity index (χ3v) is 5.43. The van der Waals surface area contributed by atoms with Gasteiger partial charge in [0.15, 0.2) is 0 Å². The average molecular weight is 419 g/mol. The molecular weight excluding hydrogens is 390 g/mol. The third kappa shape index (κ3) is 5.37. The van der Waals surface area contributed by atoms with Crippen LogP contribution >= 0.6 is 0 Å². The maximum Gasteiger partial charge on any atom is 0.290 e. The maximum absolute atomic E-state index is 9.17. The number of ether oxygens (including phenoxy) is 2. The van der Waals surface area contributed by atoms with Crippen LogP contribution in [0.15, 0.2) is 36.7 Å². The first-order valence-corrected chi connectivity index (χ1v) is 10.1. The van der Waals surface area contributed by atoms with Crippen molar-refractivity contribution in [1.29, 1.82) is 0 Å². The normalized spacial score (nSPS) is 23.3. The first kappa shape index (κ1) is 22.2. The Morgan fingerprint density at radius 3 is 2.83 bits per heavy atom. The highest BCUT2D eigenvalue weighted by Gasteiger charge is 2.38. The van der Waals surface area contributed by atoms with Crippen molar-refractivity contribution >= 4 is 6.47 Å². The van der Waals surface area contributed by atoms with E-state index in [9.17, 15) is 0 Å². The van der Waals surface area contributed by atoms with E-state index < -0.39 is 0 Å². The van der Waals surface area contributed by atoms with Crippen molar-refractivity contribution in [1.82, 2.24) is 14.5 Å². The first-order chi connectivity index (χ1) is 14.7. The van der Waals surface area contributed by atoms with Crippen LogP contribution in [0.3, 0.4) is 0 Å². The van der Waals surface area contributed by atoms with Crippen LogP contribution in [0, 0.1) is 0 Å². The minimum absolute atomic E-state index is 0.00248. The Morgan fingerprint density at radius 2 is 2.07 bits per heavy atom. The van der Waals surface area contributed by atoms with E-state index in [0.29, 0.717) is 18.5 Å². The molecule has 0 spiro atoms. The molecule has 2 aliphatic rings. The molecule has 0 radical (unpaired) electrons. The van der Waals surface area contributed by atoms with E-state index in [0.717, 1.165) is 43.3 Å². The number of aromatic nitrogens is 2. The molecule has 3 atom stereocenters. The highest BCUT2D eigenvalue weighted by molar-refractivity contribution is 5.58. The van der Waals surface area contributed by atoms with E-state index in [-0.39, 0.29) is 32.4 Å². The van der Waals surface area contributed by atoms with Crippen molar-refractivity contribution in [3.8, 4) is 17.1 Å². The van der Waals surface area contributed by atoms with Crippen LogP contribution in [0.1, 0.15) is 18.9 Å². The number of carbonyl (C=O) groups is 1. The van der Waals surface area contributed by atoms with E-state index >= 15 is 0 Å². The number of benzene rings is 1. The Labute approximate surface area is 175 Å². The van der Waals surface area contributed by atoms with Gasteiger partial charge in [0.25, 0.3) is 6.47 Å². The van der Waals surface area contributed by atoms with E-state index in [4.69, 9.17) is 29.6 Å². The summed E-state index contributed by atoms with van der Waals surface area (Å²) in [5.41, 5.74) is 1.01. The molecular formula is C21H29N3O6. The molecule has 2 fully saturated rings. The number of morpholine rings is 1. The molecule has 2 aromatic rings. The molecule has 4 rings (SSSR count). The van der Waals surface area contributed by atoms with Crippen LogP contribution in [0.4, 0.5) is 0 Å². The zero-order chi connectivity index (χ0) is 21.3. The lowest BCUT2D eigenvalue weighted by Gasteiger charge is -2.34. The van der Waals surface area contributed by atoms with Gasteiger partial charge in [-0.25, -0.2) is 4.98 Å². The molecule has 3 heterocycles. The van der Waals surface area contributed by atoms with Crippen molar-refractivity contribution in [2.45, 2.75) is 31.0 Å². The van der Waals surface area contributed by atoms with E-state index in [1.165, 1.54) is 0 Å². The lowest BCUT2D eigenvalue weighted by Crippen LogP contribution is -2.46. The fourth-order valence-electron chi connectivity index (χ4n) is 4.16. The van der Waals surface area contributed by atoms with Gasteiger partial charge in [-0.15, -0.1) is 0 Å². The van der Waals surface area contributed by atoms with E-state index in [2.05, 4.69) is 14.5 Å². The van der Waals surface area contributed by atoms with Crippen LogP contribution < -0.4 is 4.74 Å². The largest absolute Gasteiger partial charge is 0.491 e. The van der Waals surface area contributed by atoms with Gasteiger partial charge in [0.1, 0.15) is 18.2 Å². The number of rotatable bonds is 7. The summed E-state index contributed by atoms with van der Waals surface area (Å²) in [6.07, 6.45) is 5.76. The highest BCUT2D eigenvalue weighted by atomic mass is 16.5. The molecule has 0 amide bonds. The van der Waals surface area contributed by atoms with Crippen LogP contribution in [0.5, 0.6) is 5.75 Å². The van der Waals surface area contributed by atoms with Gasteiger partial charge in [0.2, 0.25) is 0 Å². The molecule has 9 heteroatoms. The summed E-state index contributed by atoms with van der Waals surface area (Å²) in [4.78, 5) is 15.4. The van der Waals surface area contributed by atoms with Crippen LogP contribution in [0.25, 0.3) is 11.4 Å². The number of aliphatic hydroxyl groups excluding tert-OH is 2. The van der Waals surface area contributed by atoms with Crippen LogP contribution in [-0.4, -0.2) is 87.9 Å². The second kappa shape index (κ2) is 11.1. The molecule has 2 saturated heterocycles. The van der Waals surface area contributed by atoms with Crippen molar-refractivity contribution in [2.75, 3.05) is 39.5 Å². The van der Waals surface area contributed by atoms with E-state index in [1.807, 2.05) is 36.7 Å². The highest BCUT2D eigenvalue weighted by Crippen LogP contribution is 2.34. The molecule has 0 bridgehead atoms. The molecule has 3 N–H and O–H groups in total. The third-order valence-electron chi connectivity index (χ3n) is 5.43. The monoisotopic (exact) mass is 419 g/mol. The molecule has 1 aromatic carbocycles. The number of nitrogens with zero attached hydrogens (tertiary/aromatic N) is 3. The topological polar surface area (TPSA) is 117 Å². The second-order valence-electron chi connectivity index (χ2n) is 7.33. The maximum atomic E-state index is 9.17. The molecule has 0 saturated carbocycles. The SMILES string of the molecule is O=CO.OCCOc1cccc(-c2nccn2[C@@H]2C[C@H]3CO[C@@H](CCO)CN3C2)c1. The summed E-state index contributed by atoms with van der Waals surface area (Å²) in [7, 11) is 0. The molecule has 164 valence electrons. The Hall–Kier alpha value is -2.46. The molecule has 9 nitrogen and oxygen atoms in total. The smallest absolute Gasteiger partial charge is 0.290 e. The number of imidazole rings is 1. The first-order valence-electron chi connectivity index (χ1n) is 10.1. The van der Waals surface area contributed by atoms with Gasteiger partial charge in [-0.2, -0.15) is 0 Å². The fourth-order valence-corrected chi connectivity index (χ4v) is 4.16. The quantitative estimate of drug-likeness (QED) is 0.570. The van der Waals surface area contributed by atoms with Crippen molar-refractivity contribution < 1.29 is 29.6 Å². The van der Waals surface area contributed by atoms with Gasteiger partial charge in [-0.05, 0) is 25.0 Å². The van der Waals surface area contributed by atoms with Gasteiger partial charge < -0.3 is 29.4 Å². The van der Waals surface area contributed by atoms with Crippen molar-refractivity contribution in [3.63, 3.8) is 0 Å². The second-order valence-corrected chi connectivity index (χ2v) is 7.33. The lowest BCUT2D eigenvalue weighted by molar-refractivity contribution is -0.122. The van der Waals surface area contributed by atoms with Gasteiger partial charge >= 0.3 is 0 Å². The zero-order valence-electron chi connectivity index (χ0n) is 16.8. The summed E-state index contributed by atoms with van der Waals surface area (Å²) in [5.74, 6) is 1.67. The lowest BCUT2D eigenvalue weighted by atomic mass is 10.1. The van der Waals surface area contributed by atoms with Crippen molar-refractivity contribution in [3.05, 3.63) is 36.7 Å². The minimum Gasteiger partial charge on any atom is -0.491 e. The predicted octanol–water partition coefficient (Wildman–Crippen LogP) is 1.02. The minimum atomic E-state index is -0.250. The van der Waals surface area contributed by atoms with Gasteiger partial charge in [0.05, 0.1) is 19.3 Å². The summed E-state index contributed by atoms with van der Waals surface area (Å²) < 4.78 is 13.7. The summed E-state index contributed by atoms with van der Waals surface area (Å²) >= 11 is 0. The Bertz CT molecular complexity index is 799. The van der Waals surface area contributed by atoms with Gasteiger partial charge in [0, 0.05) is 49.7 Å². The number of carboxylic acid groups (broad SMARTS) is 1. The Kier molecular flexibility index (Phi) is 8.21. The summed E-state index contributed by atoms with van der Waals surface area (Å²) in [6.45, 7) is 2.79. The molecule has 1 aromatic heterocycles. The van der Waals surface area contributed by atoms with Crippen LogP contribution in [0.2, 0.25) is 0 Å². The molecule has 30 heavy (non-hydrogen) atoms. The zero-order valence-corrected chi connectivity index (χ0v) is 16.8. The van der Waals surface area contributed by atoms with Crippen molar-refractivity contribution in [2.24, 2.45) is 0 Å². The van der Waals surface area contributed by atoms with Gasteiger partial charge in [-0.3, -0.25) is 9.69 Å². The van der Waals surface area contributed by atoms with Gasteiger partial charge in [-0.1, -0.05) is 12.1 Å². The Balaban J connectivity index is 0.000000806. The van der Waals surface area contributed by atoms with Crippen LogP contribution in [-0.2, 0) is 9.53 Å². The summed E-state index contributed by atoms with van der Waals surface area (Å²) in [6, 6.07) is 8.63. The fraction of sp³-hybridized carbons (Fsp3) is 0.524. The average Bonchev–Trinajstić information content (AvgIpc) is 3.40. The molecule has 0 aliphatic carbocycles. The molecule has 2 aliphatic heterocycles. The number of fused-ring (bicyclic) bond motifs is 1. The summed E-state index contributed by atoms with van der Waals surface area (Å²) in [5, 5.41) is 25.0. The number of aliphatic hydroxyl groups is 2. The predicted molar refractivity (Wildman–Crippen MR) is 109 cm³/mol. The Morgan fingerprint density at radius 1 is 1.23 bits per heavy atom. The van der Waals surface area contributed by atoms with E-state index in [1.54, 1.807) is 0 Å². The standard InChI is InChI=1S/C20H27N3O4.CH2O2/c24-7-4-19-13-22-12-16(11-17(22)14-27-19)23-6-5-21-20(23)15-2-1-3-18(10-15)26-9-8-25;2-1-3/h1-3,5-6,10,16-17,19,24-25H,4,7-9,11-14H2;1H,(H,2,3)/t16-,17+,19+;/m1./s1.